The zero-order valence-corrected chi connectivity index (χ0v) is 4.09. The van der Waals surface area contributed by atoms with E-state index in [1.54, 1.807) is 0 Å². The van der Waals surface area contributed by atoms with Crippen molar-refractivity contribution in [2.75, 3.05) is 0 Å². The topological polar surface area (TPSA) is 57.5 Å². The number of carbonyl (C=O) groups excluding carboxylic acids is 1. The van der Waals surface area contributed by atoms with Gasteiger partial charge in [-0.3, -0.25) is 0 Å². The summed E-state index contributed by atoms with van der Waals surface area (Å²) >= 11 is 0. The van der Waals surface area contributed by atoms with Crippen molar-refractivity contribution in [3.8, 4) is 0 Å². The van der Waals surface area contributed by atoms with Gasteiger partial charge in [-0.15, -0.1) is 0 Å². The molecule has 0 fully saturated rings. The van der Waals surface area contributed by atoms with Gasteiger partial charge in [0, 0.05) is 0 Å². The van der Waals surface area contributed by atoms with Gasteiger partial charge in [0.15, 0.2) is 5.79 Å². The number of aldehydes is 1. The van der Waals surface area contributed by atoms with E-state index in [4.69, 9.17) is 10.2 Å². The minimum atomic E-state index is -1.82. The Morgan fingerprint density at radius 2 is 2.14 bits per heavy atom. The zero-order valence-electron chi connectivity index (χ0n) is 4.09. The van der Waals surface area contributed by atoms with Crippen LogP contribution in [0.5, 0.6) is 0 Å². The van der Waals surface area contributed by atoms with Gasteiger partial charge in [-0.2, -0.15) is 0 Å². The normalized spacial score (nSPS) is 11.3. The maximum Gasteiger partial charge on any atom is 0.166 e. The quantitative estimate of drug-likeness (QED) is 0.359. The van der Waals surface area contributed by atoms with E-state index in [1.165, 1.54) is 0 Å². The molecule has 0 amide bonds. The Labute approximate surface area is 41.6 Å². The Kier molecular flexibility index (Phi) is 1.92. The Hall–Kier alpha value is -0.410. The van der Waals surface area contributed by atoms with Crippen LogP contribution in [0.25, 0.3) is 0 Å². The first-order valence-electron chi connectivity index (χ1n) is 1.94. The fourth-order valence-corrected chi connectivity index (χ4v) is 0.158. The van der Waals surface area contributed by atoms with Crippen molar-refractivity contribution in [2.24, 2.45) is 0 Å². The lowest BCUT2D eigenvalue weighted by Gasteiger charge is -2.09. The number of hydrogen-bond acceptors (Lipinski definition) is 3. The summed E-state index contributed by atoms with van der Waals surface area (Å²) in [6, 6.07) is 0. The van der Waals surface area contributed by atoms with Gasteiger partial charge < -0.3 is 15.0 Å². The van der Waals surface area contributed by atoms with Gasteiger partial charge in [0.25, 0.3) is 0 Å². The van der Waals surface area contributed by atoms with Crippen molar-refractivity contribution in [1.29, 1.82) is 0 Å². The molecule has 0 aromatic rings. The van der Waals surface area contributed by atoms with Crippen LogP contribution in [0.3, 0.4) is 0 Å². The molecule has 7 heavy (non-hydrogen) atoms. The lowest BCUT2D eigenvalue weighted by molar-refractivity contribution is -0.153. The molecule has 0 saturated carbocycles. The summed E-state index contributed by atoms with van der Waals surface area (Å²) in [5.41, 5.74) is 0. The average Bonchev–Trinajstić information content (AvgIpc) is 1.30. The van der Waals surface area contributed by atoms with Crippen LogP contribution in [0.4, 0.5) is 0 Å². The molecule has 0 aliphatic heterocycles. The predicted octanol–water partition coefficient (Wildman–Crippen LogP) is -0.724. The first-order valence-corrected chi connectivity index (χ1v) is 1.94. The molecular weight excluding hydrogens is 96.0 g/mol. The SMILES string of the molecule is CC(O)(O)CC=O. The van der Waals surface area contributed by atoms with Crippen molar-refractivity contribution >= 4 is 6.29 Å². The molecule has 2 N–H and O–H groups in total. The van der Waals surface area contributed by atoms with E-state index in [0.717, 1.165) is 6.92 Å². The lowest BCUT2D eigenvalue weighted by atomic mass is 10.2. The van der Waals surface area contributed by atoms with Crippen molar-refractivity contribution in [1.82, 2.24) is 0 Å². The number of aliphatic hydroxyl groups is 2. The van der Waals surface area contributed by atoms with Crippen molar-refractivity contribution in [2.45, 2.75) is 19.1 Å². The smallest absolute Gasteiger partial charge is 0.166 e. The van der Waals surface area contributed by atoms with Gasteiger partial charge in [0.2, 0.25) is 0 Å². The molecule has 0 rings (SSSR count). The van der Waals surface area contributed by atoms with Crippen LogP contribution in [-0.4, -0.2) is 22.3 Å². The monoisotopic (exact) mass is 104 g/mol. The first kappa shape index (κ1) is 6.59. The van der Waals surface area contributed by atoms with Crippen molar-refractivity contribution < 1.29 is 15.0 Å². The molecule has 0 atom stereocenters. The molecule has 0 aromatic carbocycles. The Bertz CT molecular complexity index is 61.8. The Morgan fingerprint density at radius 1 is 1.71 bits per heavy atom. The summed E-state index contributed by atoms with van der Waals surface area (Å²) in [5, 5.41) is 16.7. The summed E-state index contributed by atoms with van der Waals surface area (Å²) < 4.78 is 0. The second-order valence-corrected chi connectivity index (χ2v) is 1.59. The van der Waals surface area contributed by atoms with Gasteiger partial charge in [-0.05, 0) is 6.92 Å². The zero-order chi connectivity index (χ0) is 5.91. The fourth-order valence-electron chi connectivity index (χ4n) is 0.158. The number of hydrogen-bond donors (Lipinski definition) is 2. The molecule has 3 nitrogen and oxygen atoms in total. The summed E-state index contributed by atoms with van der Waals surface area (Å²) in [4.78, 5) is 9.50. The van der Waals surface area contributed by atoms with Gasteiger partial charge >= 0.3 is 0 Å². The summed E-state index contributed by atoms with van der Waals surface area (Å²) in [6.07, 6.45) is 0.229. The summed E-state index contributed by atoms with van der Waals surface area (Å²) in [7, 11) is 0. The maximum atomic E-state index is 9.50. The Balaban J connectivity index is 3.34. The van der Waals surface area contributed by atoms with Crippen LogP contribution in [0, 0.1) is 0 Å². The highest BCUT2D eigenvalue weighted by atomic mass is 16.5. The van der Waals surface area contributed by atoms with Crippen LogP contribution >= 0.6 is 0 Å². The first-order chi connectivity index (χ1) is 3.06. The third kappa shape index (κ3) is 5.59. The Morgan fingerprint density at radius 3 is 2.14 bits per heavy atom. The molecule has 0 aliphatic carbocycles. The molecule has 0 aliphatic rings. The van der Waals surface area contributed by atoms with Gasteiger partial charge in [0.05, 0.1) is 6.42 Å². The summed E-state index contributed by atoms with van der Waals surface area (Å²) in [6.45, 7) is 1.15. The van der Waals surface area contributed by atoms with E-state index >= 15 is 0 Å². The number of carbonyl (C=O) groups is 1. The maximum absolute atomic E-state index is 9.50. The molecule has 0 bridgehead atoms. The minimum Gasteiger partial charge on any atom is -0.365 e. The molecule has 3 heteroatoms. The van der Waals surface area contributed by atoms with Gasteiger partial charge in [-0.1, -0.05) is 0 Å². The van der Waals surface area contributed by atoms with E-state index in [1.807, 2.05) is 0 Å². The molecule has 0 aromatic heterocycles. The highest BCUT2D eigenvalue weighted by molar-refractivity contribution is 5.50. The molecule has 0 saturated heterocycles. The fraction of sp³-hybridized carbons (Fsp3) is 0.750. The van der Waals surface area contributed by atoms with Crippen LogP contribution in [0.2, 0.25) is 0 Å². The molecule has 42 valence electrons. The van der Waals surface area contributed by atoms with E-state index in [-0.39, 0.29) is 6.42 Å². The standard InChI is InChI=1S/C4H8O3/c1-4(6,7)2-3-5/h3,6-7H,2H2,1H3. The van der Waals surface area contributed by atoms with E-state index in [0.29, 0.717) is 6.29 Å². The molecule has 0 unspecified atom stereocenters. The van der Waals surface area contributed by atoms with Crippen molar-refractivity contribution in [3.05, 3.63) is 0 Å². The van der Waals surface area contributed by atoms with Gasteiger partial charge in [-0.25, -0.2) is 0 Å². The van der Waals surface area contributed by atoms with Crippen LogP contribution in [0.15, 0.2) is 0 Å². The highest BCUT2D eigenvalue weighted by Crippen LogP contribution is 1.98. The molecule has 0 heterocycles. The minimum absolute atomic E-state index is 0.229. The van der Waals surface area contributed by atoms with Crippen LogP contribution in [0.1, 0.15) is 13.3 Å². The largest absolute Gasteiger partial charge is 0.365 e. The third-order valence-electron chi connectivity index (χ3n) is 0.470. The third-order valence-corrected chi connectivity index (χ3v) is 0.470. The second-order valence-electron chi connectivity index (χ2n) is 1.59. The van der Waals surface area contributed by atoms with Crippen LogP contribution < -0.4 is 0 Å². The van der Waals surface area contributed by atoms with E-state index in [9.17, 15) is 4.79 Å². The van der Waals surface area contributed by atoms with E-state index in [2.05, 4.69) is 0 Å². The van der Waals surface area contributed by atoms with Crippen molar-refractivity contribution in [3.63, 3.8) is 0 Å². The number of rotatable bonds is 2. The lowest BCUT2D eigenvalue weighted by Crippen LogP contribution is -2.22. The highest BCUT2D eigenvalue weighted by Gasteiger charge is 2.12. The van der Waals surface area contributed by atoms with Gasteiger partial charge in [0.1, 0.15) is 6.29 Å². The molecule has 0 radical (unpaired) electrons. The average molecular weight is 104 g/mol. The summed E-state index contributed by atoms with van der Waals surface area (Å²) in [5.74, 6) is -1.82. The second kappa shape index (κ2) is 2.04. The van der Waals surface area contributed by atoms with Crippen LogP contribution in [-0.2, 0) is 4.79 Å². The molecule has 0 spiro atoms. The molecular formula is C4H8O3. The predicted molar refractivity (Wildman–Crippen MR) is 23.5 cm³/mol. The van der Waals surface area contributed by atoms with E-state index < -0.39 is 5.79 Å².